The van der Waals surface area contributed by atoms with Crippen molar-refractivity contribution in [3.63, 3.8) is 0 Å². The number of carbonyl (C=O) groups excluding carboxylic acids is 2. The van der Waals surface area contributed by atoms with Crippen LogP contribution in [0.15, 0.2) is 48.5 Å². The van der Waals surface area contributed by atoms with Crippen LogP contribution in [0.2, 0.25) is 0 Å². The van der Waals surface area contributed by atoms with E-state index in [1.807, 2.05) is 44.4 Å². The van der Waals surface area contributed by atoms with Crippen LogP contribution in [-0.4, -0.2) is 49.9 Å². The van der Waals surface area contributed by atoms with Crippen molar-refractivity contribution >= 4 is 23.2 Å². The molecular formula is C22H26N4O2. The lowest BCUT2D eigenvalue weighted by Gasteiger charge is -2.33. The molecule has 2 heterocycles. The minimum atomic E-state index is -0.136. The van der Waals surface area contributed by atoms with Gasteiger partial charge in [-0.05, 0) is 50.7 Å². The van der Waals surface area contributed by atoms with Crippen LogP contribution in [-0.2, 0) is 4.79 Å². The minimum Gasteiger partial charge on any atom is -0.358 e. The third-order valence-electron chi connectivity index (χ3n) is 5.65. The molecule has 6 heteroatoms. The van der Waals surface area contributed by atoms with E-state index in [2.05, 4.69) is 32.6 Å². The van der Waals surface area contributed by atoms with Gasteiger partial charge in [0, 0.05) is 18.7 Å². The highest BCUT2D eigenvalue weighted by molar-refractivity contribution is 6.06. The quantitative estimate of drug-likeness (QED) is 0.840. The summed E-state index contributed by atoms with van der Waals surface area (Å²) in [4.78, 5) is 29.3. The van der Waals surface area contributed by atoms with Gasteiger partial charge in [-0.3, -0.25) is 9.59 Å². The summed E-state index contributed by atoms with van der Waals surface area (Å²) < 4.78 is 0. The summed E-state index contributed by atoms with van der Waals surface area (Å²) in [5.74, 6) is -0.109. The molecule has 146 valence electrons. The highest BCUT2D eigenvalue weighted by Crippen LogP contribution is 2.37. The Balaban J connectivity index is 1.48. The van der Waals surface area contributed by atoms with E-state index in [1.165, 1.54) is 0 Å². The molecule has 1 saturated heterocycles. The standard InChI is InChI=1S/C22H26N4O2/c1-25(2)20(15-7-4-3-5-8-15)14-23-21(27)16-10-11-18-17(13-16)24-22(28)19-9-6-12-26(18)19/h3-5,7-8,10-11,13,19-20H,6,9,12,14H2,1-2H3,(H,23,27)(H,24,28)/t19-,20-/m1/s1. The molecule has 0 spiro atoms. The number of carbonyl (C=O) groups is 2. The van der Waals surface area contributed by atoms with Crippen molar-refractivity contribution in [2.45, 2.75) is 24.9 Å². The molecular weight excluding hydrogens is 352 g/mol. The molecule has 0 saturated carbocycles. The van der Waals surface area contributed by atoms with Crippen molar-refractivity contribution < 1.29 is 9.59 Å². The number of benzene rings is 2. The molecule has 0 radical (unpaired) electrons. The first-order valence-electron chi connectivity index (χ1n) is 9.76. The molecule has 2 atom stereocenters. The molecule has 28 heavy (non-hydrogen) atoms. The summed E-state index contributed by atoms with van der Waals surface area (Å²) in [7, 11) is 4.01. The molecule has 4 rings (SSSR count). The van der Waals surface area contributed by atoms with Crippen LogP contribution in [0.5, 0.6) is 0 Å². The first-order valence-corrected chi connectivity index (χ1v) is 9.76. The first-order chi connectivity index (χ1) is 13.5. The van der Waals surface area contributed by atoms with Crippen LogP contribution in [0, 0.1) is 0 Å². The molecule has 1 fully saturated rings. The van der Waals surface area contributed by atoms with Crippen molar-refractivity contribution in [2.75, 3.05) is 37.4 Å². The van der Waals surface area contributed by atoms with Gasteiger partial charge >= 0.3 is 0 Å². The first kappa shape index (κ1) is 18.5. The highest BCUT2D eigenvalue weighted by Gasteiger charge is 2.36. The van der Waals surface area contributed by atoms with Gasteiger partial charge in [-0.1, -0.05) is 30.3 Å². The van der Waals surface area contributed by atoms with E-state index in [1.54, 1.807) is 6.07 Å². The van der Waals surface area contributed by atoms with E-state index in [4.69, 9.17) is 0 Å². The van der Waals surface area contributed by atoms with Crippen molar-refractivity contribution in [1.29, 1.82) is 0 Å². The monoisotopic (exact) mass is 378 g/mol. The number of rotatable bonds is 5. The molecule has 0 aromatic heterocycles. The maximum absolute atomic E-state index is 12.7. The van der Waals surface area contributed by atoms with Gasteiger partial charge in [0.05, 0.1) is 17.4 Å². The Hall–Kier alpha value is -2.86. The zero-order chi connectivity index (χ0) is 19.7. The predicted molar refractivity (Wildman–Crippen MR) is 111 cm³/mol. The van der Waals surface area contributed by atoms with E-state index >= 15 is 0 Å². The zero-order valence-corrected chi connectivity index (χ0v) is 16.3. The van der Waals surface area contributed by atoms with E-state index < -0.39 is 0 Å². The van der Waals surface area contributed by atoms with Gasteiger partial charge in [0.1, 0.15) is 6.04 Å². The topological polar surface area (TPSA) is 64.7 Å². The fraction of sp³-hybridized carbons (Fsp3) is 0.364. The average Bonchev–Trinajstić information content (AvgIpc) is 3.19. The van der Waals surface area contributed by atoms with Gasteiger partial charge in [0.15, 0.2) is 0 Å². The summed E-state index contributed by atoms with van der Waals surface area (Å²) in [6.45, 7) is 1.39. The van der Waals surface area contributed by atoms with Crippen molar-refractivity contribution in [2.24, 2.45) is 0 Å². The number of anilines is 2. The largest absolute Gasteiger partial charge is 0.358 e. The van der Waals surface area contributed by atoms with E-state index in [0.717, 1.165) is 36.3 Å². The Bertz CT molecular complexity index is 881. The van der Waals surface area contributed by atoms with Crippen LogP contribution in [0.4, 0.5) is 11.4 Å². The Kier molecular flexibility index (Phi) is 5.05. The number of nitrogens with zero attached hydrogens (tertiary/aromatic N) is 2. The highest BCUT2D eigenvalue weighted by atomic mass is 16.2. The molecule has 0 unspecified atom stereocenters. The Morgan fingerprint density at radius 2 is 2.04 bits per heavy atom. The number of amides is 2. The molecule has 6 nitrogen and oxygen atoms in total. The van der Waals surface area contributed by atoms with Crippen LogP contribution < -0.4 is 15.5 Å². The lowest BCUT2D eigenvalue weighted by Crippen LogP contribution is -2.44. The lowest BCUT2D eigenvalue weighted by atomic mass is 10.0. The smallest absolute Gasteiger partial charge is 0.251 e. The third-order valence-corrected chi connectivity index (χ3v) is 5.65. The number of likely N-dealkylation sites (N-methyl/N-ethyl adjacent to an activating group) is 1. The van der Waals surface area contributed by atoms with Crippen LogP contribution in [0.25, 0.3) is 0 Å². The molecule has 0 aliphatic carbocycles. The molecule has 2 N–H and O–H groups in total. The van der Waals surface area contributed by atoms with Crippen molar-refractivity contribution in [3.8, 4) is 0 Å². The zero-order valence-electron chi connectivity index (χ0n) is 16.3. The molecule has 2 aliphatic rings. The second-order valence-electron chi connectivity index (χ2n) is 7.67. The molecule has 2 amide bonds. The van der Waals surface area contributed by atoms with Crippen LogP contribution in [0.3, 0.4) is 0 Å². The van der Waals surface area contributed by atoms with Crippen molar-refractivity contribution in [3.05, 3.63) is 59.7 Å². The summed E-state index contributed by atoms with van der Waals surface area (Å²) in [6.07, 6.45) is 1.91. The lowest BCUT2D eigenvalue weighted by molar-refractivity contribution is -0.117. The third kappa shape index (κ3) is 3.47. The minimum absolute atomic E-state index is 0.0271. The fourth-order valence-corrected chi connectivity index (χ4v) is 4.14. The summed E-state index contributed by atoms with van der Waals surface area (Å²) in [6, 6.07) is 15.7. The summed E-state index contributed by atoms with van der Waals surface area (Å²) in [5, 5.41) is 6.00. The van der Waals surface area contributed by atoms with E-state index in [9.17, 15) is 9.59 Å². The number of hydrogen-bond acceptors (Lipinski definition) is 4. The van der Waals surface area contributed by atoms with Gasteiger partial charge in [-0.25, -0.2) is 0 Å². The summed E-state index contributed by atoms with van der Waals surface area (Å²) in [5.41, 5.74) is 3.45. The molecule has 2 aromatic carbocycles. The van der Waals surface area contributed by atoms with Gasteiger partial charge in [-0.2, -0.15) is 0 Å². The van der Waals surface area contributed by atoms with E-state index in [-0.39, 0.29) is 23.9 Å². The van der Waals surface area contributed by atoms with Gasteiger partial charge in [0.25, 0.3) is 5.91 Å². The maximum Gasteiger partial charge on any atom is 0.251 e. The predicted octanol–water partition coefficient (Wildman–Crippen LogP) is 2.64. The number of nitrogens with one attached hydrogen (secondary N) is 2. The Morgan fingerprint density at radius 3 is 2.79 bits per heavy atom. The Morgan fingerprint density at radius 1 is 1.25 bits per heavy atom. The van der Waals surface area contributed by atoms with Gasteiger partial charge < -0.3 is 20.4 Å². The van der Waals surface area contributed by atoms with Crippen LogP contribution in [0.1, 0.15) is 34.8 Å². The molecule has 2 aromatic rings. The molecule has 0 bridgehead atoms. The number of hydrogen-bond donors (Lipinski definition) is 2. The van der Waals surface area contributed by atoms with Crippen LogP contribution >= 0.6 is 0 Å². The second-order valence-corrected chi connectivity index (χ2v) is 7.67. The normalized spacial score (nSPS) is 19.0. The van der Waals surface area contributed by atoms with E-state index in [0.29, 0.717) is 12.1 Å². The maximum atomic E-state index is 12.7. The summed E-state index contributed by atoms with van der Waals surface area (Å²) >= 11 is 0. The second kappa shape index (κ2) is 7.64. The SMILES string of the molecule is CN(C)[C@H](CNC(=O)c1ccc2c(c1)NC(=O)[C@H]1CCCN21)c1ccccc1. The molecule has 2 aliphatic heterocycles. The fourth-order valence-electron chi connectivity index (χ4n) is 4.14. The van der Waals surface area contributed by atoms with Gasteiger partial charge in [0.2, 0.25) is 5.91 Å². The number of fused-ring (bicyclic) bond motifs is 3. The Labute approximate surface area is 165 Å². The van der Waals surface area contributed by atoms with Gasteiger partial charge in [-0.15, -0.1) is 0 Å². The average molecular weight is 378 g/mol. The van der Waals surface area contributed by atoms with Crippen molar-refractivity contribution in [1.82, 2.24) is 10.2 Å².